The lowest BCUT2D eigenvalue weighted by atomic mass is 10.1. The van der Waals surface area contributed by atoms with E-state index in [9.17, 15) is 4.48 Å². The van der Waals surface area contributed by atoms with Crippen LogP contribution in [0.5, 0.6) is 0 Å². The van der Waals surface area contributed by atoms with Crippen LogP contribution in [-0.2, 0) is 0 Å². The van der Waals surface area contributed by atoms with Crippen LogP contribution in [0, 0.1) is 0 Å². The standard InChI is InChI=1S/C10H17FN2/c1-4-5-10(6-8-12-2)7-9-13(3)11/h4-6,8,12H,1,7,9H2,2-3H3/b8-6-,10-5+. The lowest BCUT2D eigenvalue weighted by molar-refractivity contribution is 0.0620. The number of hydrogen-bond acceptors (Lipinski definition) is 2. The van der Waals surface area contributed by atoms with Gasteiger partial charge in [-0.3, -0.25) is 0 Å². The molecule has 0 radical (unpaired) electrons. The Hall–Kier alpha value is -1.09. The van der Waals surface area contributed by atoms with Gasteiger partial charge in [-0.25, -0.2) is 0 Å². The summed E-state index contributed by atoms with van der Waals surface area (Å²) in [6.07, 6.45) is 7.97. The van der Waals surface area contributed by atoms with Gasteiger partial charge in [0.15, 0.2) is 0 Å². The van der Waals surface area contributed by atoms with Crippen molar-refractivity contribution in [2.45, 2.75) is 6.42 Å². The van der Waals surface area contributed by atoms with Gasteiger partial charge in [-0.1, -0.05) is 18.7 Å². The quantitative estimate of drug-likeness (QED) is 0.502. The largest absolute Gasteiger partial charge is 0.394 e. The molecule has 0 aromatic rings. The third-order valence-corrected chi connectivity index (χ3v) is 1.50. The first-order valence-corrected chi connectivity index (χ1v) is 4.23. The highest BCUT2D eigenvalue weighted by Gasteiger charge is 1.95. The summed E-state index contributed by atoms with van der Waals surface area (Å²) in [6.45, 7) is 3.99. The monoisotopic (exact) mass is 184 g/mol. The predicted molar refractivity (Wildman–Crippen MR) is 54.8 cm³/mol. The Morgan fingerprint density at radius 3 is 2.77 bits per heavy atom. The minimum Gasteiger partial charge on any atom is -0.394 e. The Morgan fingerprint density at radius 2 is 2.31 bits per heavy atom. The third kappa shape index (κ3) is 7.28. The van der Waals surface area contributed by atoms with Crippen molar-refractivity contribution >= 4 is 0 Å². The normalized spacial score (nSPS) is 12.5. The van der Waals surface area contributed by atoms with Crippen molar-refractivity contribution < 1.29 is 4.48 Å². The number of nitrogens with zero attached hydrogens (tertiary/aromatic N) is 1. The second kappa shape index (κ2) is 7.55. The van der Waals surface area contributed by atoms with Crippen molar-refractivity contribution in [3.8, 4) is 0 Å². The molecule has 1 N–H and O–H groups in total. The summed E-state index contributed by atoms with van der Waals surface area (Å²) in [7, 11) is 3.23. The van der Waals surface area contributed by atoms with E-state index in [0.717, 1.165) is 5.57 Å². The van der Waals surface area contributed by atoms with Crippen LogP contribution < -0.4 is 5.32 Å². The molecule has 0 saturated heterocycles. The van der Waals surface area contributed by atoms with Crippen LogP contribution in [0.3, 0.4) is 0 Å². The van der Waals surface area contributed by atoms with E-state index >= 15 is 0 Å². The molecule has 0 saturated carbocycles. The molecule has 0 aromatic heterocycles. The molecule has 13 heavy (non-hydrogen) atoms. The van der Waals surface area contributed by atoms with Gasteiger partial charge in [0.2, 0.25) is 0 Å². The highest BCUT2D eigenvalue weighted by Crippen LogP contribution is 2.04. The molecule has 0 aliphatic heterocycles. The van der Waals surface area contributed by atoms with Gasteiger partial charge in [-0.15, -0.1) is 9.60 Å². The van der Waals surface area contributed by atoms with Gasteiger partial charge < -0.3 is 5.32 Å². The number of hydrogen-bond donors (Lipinski definition) is 1. The van der Waals surface area contributed by atoms with Crippen LogP contribution in [0.1, 0.15) is 6.42 Å². The zero-order chi connectivity index (χ0) is 10.1. The molecule has 0 rings (SSSR count). The molecule has 0 unspecified atom stereocenters. The van der Waals surface area contributed by atoms with Crippen molar-refractivity contribution in [3.63, 3.8) is 0 Å². The first kappa shape index (κ1) is 11.9. The maximum Gasteiger partial charge on any atom is 0.0327 e. The lowest BCUT2D eigenvalue weighted by Crippen LogP contribution is -2.08. The van der Waals surface area contributed by atoms with Gasteiger partial charge in [0.25, 0.3) is 0 Å². The maximum atomic E-state index is 12.4. The molecular formula is C10H17FN2. The van der Waals surface area contributed by atoms with E-state index in [1.165, 1.54) is 7.05 Å². The fourth-order valence-corrected chi connectivity index (χ4v) is 0.847. The van der Waals surface area contributed by atoms with Crippen LogP contribution in [-0.4, -0.2) is 25.8 Å². The zero-order valence-electron chi connectivity index (χ0n) is 8.26. The van der Waals surface area contributed by atoms with Crippen molar-refractivity contribution in [3.05, 3.63) is 36.6 Å². The fourth-order valence-electron chi connectivity index (χ4n) is 0.847. The van der Waals surface area contributed by atoms with Gasteiger partial charge in [0, 0.05) is 20.6 Å². The minimum atomic E-state index is 0.397. The molecule has 3 heteroatoms. The van der Waals surface area contributed by atoms with Crippen molar-refractivity contribution in [2.75, 3.05) is 20.6 Å². The van der Waals surface area contributed by atoms with Crippen molar-refractivity contribution in [2.24, 2.45) is 0 Å². The van der Waals surface area contributed by atoms with Crippen LogP contribution in [0.15, 0.2) is 36.6 Å². The molecular weight excluding hydrogens is 167 g/mol. The summed E-state index contributed by atoms with van der Waals surface area (Å²) in [4.78, 5) is 0. The molecule has 0 heterocycles. The first-order chi connectivity index (χ1) is 6.20. The summed E-state index contributed by atoms with van der Waals surface area (Å²) in [5.41, 5.74) is 1.05. The van der Waals surface area contributed by atoms with Crippen LogP contribution >= 0.6 is 0 Å². The maximum absolute atomic E-state index is 12.4. The molecule has 0 bridgehead atoms. The van der Waals surface area contributed by atoms with E-state index in [-0.39, 0.29) is 0 Å². The Labute approximate surface area is 79.4 Å². The third-order valence-electron chi connectivity index (χ3n) is 1.50. The highest BCUT2D eigenvalue weighted by atomic mass is 19.2. The average Bonchev–Trinajstić information content (AvgIpc) is 2.09. The van der Waals surface area contributed by atoms with E-state index in [1.807, 2.05) is 25.4 Å². The van der Waals surface area contributed by atoms with Gasteiger partial charge >= 0.3 is 0 Å². The molecule has 2 nitrogen and oxygen atoms in total. The molecule has 0 amide bonds. The van der Waals surface area contributed by atoms with E-state index in [1.54, 1.807) is 6.08 Å². The van der Waals surface area contributed by atoms with Crippen LogP contribution in [0.25, 0.3) is 0 Å². The second-order valence-corrected chi connectivity index (χ2v) is 2.68. The number of rotatable bonds is 6. The molecule has 0 spiro atoms. The van der Waals surface area contributed by atoms with E-state index < -0.39 is 0 Å². The summed E-state index contributed by atoms with van der Waals surface area (Å²) < 4.78 is 12.4. The van der Waals surface area contributed by atoms with Gasteiger partial charge in [-0.05, 0) is 24.3 Å². The molecule has 74 valence electrons. The topological polar surface area (TPSA) is 15.3 Å². The summed E-state index contributed by atoms with van der Waals surface area (Å²) >= 11 is 0. The molecule has 0 fully saturated rings. The van der Waals surface area contributed by atoms with E-state index in [4.69, 9.17) is 0 Å². The number of halogens is 1. The fraction of sp³-hybridized carbons (Fsp3) is 0.400. The Kier molecular flexibility index (Phi) is 6.92. The smallest absolute Gasteiger partial charge is 0.0327 e. The van der Waals surface area contributed by atoms with Crippen LogP contribution in [0.4, 0.5) is 4.48 Å². The average molecular weight is 184 g/mol. The second-order valence-electron chi connectivity index (χ2n) is 2.68. The van der Waals surface area contributed by atoms with E-state index in [0.29, 0.717) is 18.1 Å². The highest BCUT2D eigenvalue weighted by molar-refractivity contribution is 5.22. The molecule has 0 atom stereocenters. The SMILES string of the molecule is C=C/C=C(\C=C/NC)CCN(C)F. The Morgan fingerprint density at radius 1 is 1.62 bits per heavy atom. The first-order valence-electron chi connectivity index (χ1n) is 4.23. The van der Waals surface area contributed by atoms with Gasteiger partial charge in [0.1, 0.15) is 0 Å². The molecule has 0 aliphatic rings. The lowest BCUT2D eigenvalue weighted by Gasteiger charge is -2.05. The predicted octanol–water partition coefficient (Wildman–Crippen LogP) is 2.04. The Balaban J connectivity index is 4.03. The van der Waals surface area contributed by atoms with Gasteiger partial charge in [0.05, 0.1) is 0 Å². The number of allylic oxidation sites excluding steroid dienone is 3. The Bertz CT molecular complexity index is 195. The molecule has 0 aliphatic carbocycles. The summed E-state index contributed by atoms with van der Waals surface area (Å²) in [5.74, 6) is 0. The van der Waals surface area contributed by atoms with Gasteiger partial charge in [-0.2, -0.15) is 0 Å². The zero-order valence-corrected chi connectivity index (χ0v) is 8.26. The summed E-state index contributed by atoms with van der Waals surface area (Å²) in [5, 5.41) is 3.55. The number of nitrogens with one attached hydrogen (secondary N) is 1. The van der Waals surface area contributed by atoms with Crippen molar-refractivity contribution in [1.82, 2.24) is 10.4 Å². The van der Waals surface area contributed by atoms with Crippen molar-refractivity contribution in [1.29, 1.82) is 0 Å². The minimum absolute atomic E-state index is 0.397. The van der Waals surface area contributed by atoms with Crippen LogP contribution in [0.2, 0.25) is 0 Å². The molecule has 0 aromatic carbocycles. The summed E-state index contributed by atoms with van der Waals surface area (Å²) in [6, 6.07) is 0. The van der Waals surface area contributed by atoms with E-state index in [2.05, 4.69) is 11.9 Å².